The molecule has 170 valence electrons. The molecule has 2 amide bonds. The van der Waals surface area contributed by atoms with Crippen LogP contribution in [0.15, 0.2) is 42.5 Å². The Morgan fingerprint density at radius 2 is 1.75 bits per heavy atom. The number of halogens is 2. The maximum Gasteiger partial charge on any atom is 0.258 e. The lowest BCUT2D eigenvalue weighted by Crippen LogP contribution is -2.47. The summed E-state index contributed by atoms with van der Waals surface area (Å²) in [6, 6.07) is 9.99. The van der Waals surface area contributed by atoms with Gasteiger partial charge in [-0.15, -0.1) is 0 Å². The summed E-state index contributed by atoms with van der Waals surface area (Å²) in [6.45, 7) is 1.28. The van der Waals surface area contributed by atoms with Crippen molar-refractivity contribution in [1.29, 1.82) is 0 Å². The molecule has 4 rings (SSSR count). The second-order valence-electron chi connectivity index (χ2n) is 8.64. The lowest BCUT2D eigenvalue weighted by molar-refractivity contribution is -0.128. The predicted octanol–water partition coefficient (Wildman–Crippen LogP) is 4.71. The molecule has 1 heterocycles. The second-order valence-corrected chi connectivity index (χ2v) is 8.64. The molecule has 2 aromatic carbocycles. The molecule has 1 saturated heterocycles. The Kier molecular flexibility index (Phi) is 6.84. The Morgan fingerprint density at radius 1 is 1.00 bits per heavy atom. The molecule has 5 nitrogen and oxygen atoms in total. The highest BCUT2D eigenvalue weighted by Crippen LogP contribution is 2.40. The molecule has 0 radical (unpaired) electrons. The summed E-state index contributed by atoms with van der Waals surface area (Å²) in [5.41, 5.74) is 0.566. The van der Waals surface area contributed by atoms with Gasteiger partial charge in [0.25, 0.3) is 5.91 Å². The van der Waals surface area contributed by atoms with Crippen LogP contribution in [0.4, 0.5) is 14.5 Å². The van der Waals surface area contributed by atoms with Gasteiger partial charge in [0.1, 0.15) is 11.6 Å². The molecule has 0 aromatic heterocycles. The molecule has 1 saturated carbocycles. The first-order chi connectivity index (χ1) is 15.5. The minimum Gasteiger partial charge on any atom is -0.376 e. The Balaban J connectivity index is 1.47. The monoisotopic (exact) mass is 442 g/mol. The lowest BCUT2D eigenvalue weighted by atomic mass is 9.68. The van der Waals surface area contributed by atoms with Gasteiger partial charge in [-0.2, -0.15) is 0 Å². The molecule has 0 bridgehead atoms. The van der Waals surface area contributed by atoms with Gasteiger partial charge < -0.3 is 15.4 Å². The third kappa shape index (κ3) is 4.83. The highest BCUT2D eigenvalue weighted by molar-refractivity contribution is 6.04. The van der Waals surface area contributed by atoms with Crippen LogP contribution in [0.5, 0.6) is 0 Å². The standard InChI is InChI=1S/C25H28F2N2O3/c26-18-8-11-21(22(27)15-18)23(30)29-19-9-6-17(7-10-19)25(12-2-1-3-13-25)24(31)28-16-20-5-4-14-32-20/h6-11,15,20H,1-5,12-14,16H2,(H,28,31)(H,29,30). The summed E-state index contributed by atoms with van der Waals surface area (Å²) in [6.07, 6.45) is 6.71. The Hall–Kier alpha value is -2.80. The van der Waals surface area contributed by atoms with Crippen LogP contribution in [0.25, 0.3) is 0 Å². The van der Waals surface area contributed by atoms with E-state index < -0.39 is 23.0 Å². The van der Waals surface area contributed by atoms with Crippen molar-refractivity contribution in [3.05, 3.63) is 65.2 Å². The number of anilines is 1. The highest BCUT2D eigenvalue weighted by atomic mass is 19.1. The zero-order chi connectivity index (χ0) is 22.6. The van der Waals surface area contributed by atoms with Crippen LogP contribution >= 0.6 is 0 Å². The van der Waals surface area contributed by atoms with E-state index in [0.717, 1.165) is 69.2 Å². The van der Waals surface area contributed by atoms with Gasteiger partial charge in [-0.05, 0) is 55.5 Å². The average Bonchev–Trinajstić information content (AvgIpc) is 3.32. The summed E-state index contributed by atoms with van der Waals surface area (Å²) in [7, 11) is 0. The van der Waals surface area contributed by atoms with E-state index in [1.54, 1.807) is 12.1 Å². The van der Waals surface area contributed by atoms with E-state index in [2.05, 4.69) is 10.6 Å². The predicted molar refractivity (Wildman–Crippen MR) is 117 cm³/mol. The van der Waals surface area contributed by atoms with Crippen LogP contribution in [0.1, 0.15) is 60.9 Å². The maximum absolute atomic E-state index is 13.9. The minimum absolute atomic E-state index is 0.0258. The number of rotatable bonds is 6. The van der Waals surface area contributed by atoms with Crippen LogP contribution < -0.4 is 10.6 Å². The van der Waals surface area contributed by atoms with E-state index in [4.69, 9.17) is 4.74 Å². The van der Waals surface area contributed by atoms with Crippen molar-refractivity contribution >= 4 is 17.5 Å². The van der Waals surface area contributed by atoms with E-state index in [1.165, 1.54) is 0 Å². The van der Waals surface area contributed by atoms with E-state index >= 15 is 0 Å². The van der Waals surface area contributed by atoms with E-state index in [-0.39, 0.29) is 17.6 Å². The number of benzene rings is 2. The van der Waals surface area contributed by atoms with Crippen molar-refractivity contribution in [2.24, 2.45) is 0 Å². The lowest BCUT2D eigenvalue weighted by Gasteiger charge is -2.36. The number of hydrogen-bond donors (Lipinski definition) is 2. The van der Waals surface area contributed by atoms with Gasteiger partial charge in [-0.25, -0.2) is 8.78 Å². The molecule has 2 aliphatic rings. The summed E-state index contributed by atoms with van der Waals surface area (Å²) in [5, 5.41) is 5.74. The molecule has 1 aliphatic carbocycles. The summed E-state index contributed by atoms with van der Waals surface area (Å²) in [4.78, 5) is 25.6. The fraction of sp³-hybridized carbons (Fsp3) is 0.440. The van der Waals surface area contributed by atoms with Gasteiger partial charge in [0.05, 0.1) is 17.1 Å². The normalized spacial score (nSPS) is 20.0. The zero-order valence-electron chi connectivity index (χ0n) is 18.0. The van der Waals surface area contributed by atoms with Crippen molar-refractivity contribution < 1.29 is 23.1 Å². The third-order valence-electron chi connectivity index (χ3n) is 6.53. The fourth-order valence-corrected chi connectivity index (χ4v) is 4.73. The number of ether oxygens (including phenoxy) is 1. The van der Waals surface area contributed by atoms with Crippen LogP contribution in [-0.4, -0.2) is 31.1 Å². The first kappa shape index (κ1) is 22.4. The zero-order valence-corrected chi connectivity index (χ0v) is 18.0. The summed E-state index contributed by atoms with van der Waals surface area (Å²) < 4.78 is 32.6. The number of amides is 2. The number of carbonyl (C=O) groups is 2. The van der Waals surface area contributed by atoms with Gasteiger partial charge in [-0.1, -0.05) is 31.4 Å². The molecule has 7 heteroatoms. The molecule has 32 heavy (non-hydrogen) atoms. The van der Waals surface area contributed by atoms with Crippen LogP contribution in [0.3, 0.4) is 0 Å². The first-order valence-corrected chi connectivity index (χ1v) is 11.2. The molecule has 2 aromatic rings. The van der Waals surface area contributed by atoms with Crippen molar-refractivity contribution in [3.63, 3.8) is 0 Å². The minimum atomic E-state index is -0.914. The summed E-state index contributed by atoms with van der Waals surface area (Å²) in [5.74, 6) is -2.28. The maximum atomic E-state index is 13.9. The molecular weight excluding hydrogens is 414 g/mol. The molecule has 2 N–H and O–H groups in total. The Bertz CT molecular complexity index is 966. The molecular formula is C25H28F2N2O3. The van der Waals surface area contributed by atoms with Gasteiger partial charge >= 0.3 is 0 Å². The van der Waals surface area contributed by atoms with Gasteiger partial charge in [0.15, 0.2) is 0 Å². The van der Waals surface area contributed by atoms with E-state index in [1.807, 2.05) is 12.1 Å². The van der Waals surface area contributed by atoms with Crippen LogP contribution in [0.2, 0.25) is 0 Å². The smallest absolute Gasteiger partial charge is 0.258 e. The molecule has 0 spiro atoms. The van der Waals surface area contributed by atoms with Crippen molar-refractivity contribution in [2.45, 2.75) is 56.5 Å². The largest absolute Gasteiger partial charge is 0.376 e. The van der Waals surface area contributed by atoms with Crippen LogP contribution in [-0.2, 0) is 14.9 Å². The second kappa shape index (κ2) is 9.77. The molecule has 1 aliphatic heterocycles. The van der Waals surface area contributed by atoms with Gasteiger partial charge in [0.2, 0.25) is 5.91 Å². The first-order valence-electron chi connectivity index (χ1n) is 11.2. The number of hydrogen-bond acceptors (Lipinski definition) is 3. The number of nitrogens with one attached hydrogen (secondary N) is 2. The Labute approximate surface area is 186 Å². The highest BCUT2D eigenvalue weighted by Gasteiger charge is 2.41. The van der Waals surface area contributed by atoms with E-state index in [0.29, 0.717) is 18.3 Å². The average molecular weight is 443 g/mol. The third-order valence-corrected chi connectivity index (χ3v) is 6.53. The summed E-state index contributed by atoms with van der Waals surface area (Å²) >= 11 is 0. The molecule has 2 fully saturated rings. The quantitative estimate of drug-likeness (QED) is 0.681. The molecule has 1 unspecified atom stereocenters. The fourth-order valence-electron chi connectivity index (χ4n) is 4.73. The van der Waals surface area contributed by atoms with Gasteiger partial charge in [0, 0.05) is 24.9 Å². The van der Waals surface area contributed by atoms with Crippen LogP contribution in [0, 0.1) is 11.6 Å². The van der Waals surface area contributed by atoms with Crippen molar-refractivity contribution in [1.82, 2.24) is 5.32 Å². The Morgan fingerprint density at radius 3 is 2.41 bits per heavy atom. The topological polar surface area (TPSA) is 67.4 Å². The van der Waals surface area contributed by atoms with Crippen molar-refractivity contribution in [3.8, 4) is 0 Å². The van der Waals surface area contributed by atoms with Gasteiger partial charge in [-0.3, -0.25) is 9.59 Å². The van der Waals surface area contributed by atoms with E-state index in [9.17, 15) is 18.4 Å². The molecule has 1 atom stereocenters. The SMILES string of the molecule is O=C(Nc1ccc(C2(C(=O)NCC3CCCO3)CCCCC2)cc1)c1ccc(F)cc1F. The number of carbonyl (C=O) groups excluding carboxylic acids is 2. The van der Waals surface area contributed by atoms with Crippen molar-refractivity contribution in [2.75, 3.05) is 18.5 Å².